The molecule has 0 saturated heterocycles. The Kier molecular flexibility index (Phi) is 6.37. The molecule has 1 aliphatic carbocycles. The van der Waals surface area contributed by atoms with E-state index < -0.39 is 0 Å². The lowest BCUT2D eigenvalue weighted by Gasteiger charge is -2.36. The number of rotatable bonds is 5. The Morgan fingerprint density at radius 3 is 2.21 bits per heavy atom. The number of nitrogens with one attached hydrogen (secondary N) is 3. The van der Waals surface area contributed by atoms with E-state index in [1.165, 1.54) is 19.8 Å². The van der Waals surface area contributed by atoms with Crippen LogP contribution in [0.5, 0.6) is 0 Å². The topological polar surface area (TPSA) is 70.2 Å². The Morgan fingerprint density at radius 2 is 1.62 bits per heavy atom. The van der Waals surface area contributed by atoms with Gasteiger partial charge in [0.05, 0.1) is 6.04 Å². The van der Waals surface area contributed by atoms with Crippen LogP contribution in [0.1, 0.15) is 47.0 Å². The van der Waals surface area contributed by atoms with Crippen LogP contribution in [0, 0.1) is 11.8 Å². The van der Waals surface area contributed by atoms with E-state index in [1.807, 2.05) is 6.92 Å². The van der Waals surface area contributed by atoms with Crippen molar-refractivity contribution in [2.24, 2.45) is 11.8 Å². The maximum Gasteiger partial charge on any atom is 0.241 e. The molecule has 1 saturated carbocycles. The molecule has 2 rings (SSSR count). The molecule has 5 heteroatoms. The van der Waals surface area contributed by atoms with E-state index >= 15 is 0 Å². The highest BCUT2D eigenvalue weighted by atomic mass is 16.2. The first kappa shape index (κ1) is 18.5. The van der Waals surface area contributed by atoms with E-state index in [0.717, 1.165) is 17.8 Å². The van der Waals surface area contributed by atoms with E-state index in [1.54, 1.807) is 24.3 Å². The highest BCUT2D eigenvalue weighted by Gasteiger charge is 2.29. The van der Waals surface area contributed by atoms with Gasteiger partial charge in [0.15, 0.2) is 0 Å². The van der Waals surface area contributed by atoms with Crippen LogP contribution in [-0.2, 0) is 9.59 Å². The van der Waals surface area contributed by atoms with Gasteiger partial charge in [0.1, 0.15) is 0 Å². The van der Waals surface area contributed by atoms with E-state index in [0.29, 0.717) is 17.9 Å². The second kappa shape index (κ2) is 8.29. The van der Waals surface area contributed by atoms with Crippen molar-refractivity contribution in [3.63, 3.8) is 0 Å². The average Bonchev–Trinajstić information content (AvgIpc) is 2.53. The van der Waals surface area contributed by atoms with Crippen molar-refractivity contribution in [1.29, 1.82) is 0 Å². The molecule has 0 bridgehead atoms. The standard InChI is InChI=1S/C19H29N3O2/c1-12-6-5-7-18(13(12)2)20-14(3)19(24)22-17-10-8-16(9-11-17)21-15(4)23/h8-14,18,20H,5-7H2,1-4H3,(H,21,23)(H,22,24)/t12-,13-,14-,18+/m0/s1. The van der Waals surface area contributed by atoms with Crippen LogP contribution in [0.2, 0.25) is 0 Å². The third kappa shape index (κ3) is 5.06. The number of anilines is 2. The van der Waals surface area contributed by atoms with Crippen LogP contribution >= 0.6 is 0 Å². The smallest absolute Gasteiger partial charge is 0.241 e. The molecule has 1 fully saturated rings. The normalized spacial score (nSPS) is 24.9. The molecule has 0 spiro atoms. The van der Waals surface area contributed by atoms with Gasteiger partial charge in [0.25, 0.3) is 0 Å². The molecule has 2 amide bonds. The Hall–Kier alpha value is -1.88. The van der Waals surface area contributed by atoms with Crippen LogP contribution in [0.4, 0.5) is 11.4 Å². The average molecular weight is 331 g/mol. The monoisotopic (exact) mass is 331 g/mol. The van der Waals surface area contributed by atoms with Crippen molar-refractivity contribution in [1.82, 2.24) is 5.32 Å². The molecule has 4 atom stereocenters. The van der Waals surface area contributed by atoms with Gasteiger partial charge in [-0.1, -0.05) is 26.7 Å². The van der Waals surface area contributed by atoms with Crippen LogP contribution in [-0.4, -0.2) is 23.9 Å². The predicted molar refractivity (Wildman–Crippen MR) is 97.9 cm³/mol. The van der Waals surface area contributed by atoms with Crippen LogP contribution in [0.15, 0.2) is 24.3 Å². The van der Waals surface area contributed by atoms with Crippen molar-refractivity contribution in [2.75, 3.05) is 10.6 Å². The summed E-state index contributed by atoms with van der Waals surface area (Å²) in [7, 11) is 0. The molecule has 0 radical (unpaired) electrons. The lowest BCUT2D eigenvalue weighted by atomic mass is 9.78. The highest BCUT2D eigenvalue weighted by Crippen LogP contribution is 2.29. The fourth-order valence-electron chi connectivity index (χ4n) is 3.30. The zero-order valence-corrected chi connectivity index (χ0v) is 15.1. The zero-order valence-electron chi connectivity index (χ0n) is 15.1. The summed E-state index contributed by atoms with van der Waals surface area (Å²) < 4.78 is 0. The Balaban J connectivity index is 1.88. The van der Waals surface area contributed by atoms with Crippen molar-refractivity contribution in [3.05, 3.63) is 24.3 Å². The maximum atomic E-state index is 12.4. The number of amides is 2. The Labute approximate surface area is 144 Å². The molecular weight excluding hydrogens is 302 g/mol. The second-order valence-electron chi connectivity index (χ2n) is 7.01. The number of carbonyl (C=O) groups is 2. The van der Waals surface area contributed by atoms with Gasteiger partial charge >= 0.3 is 0 Å². The van der Waals surface area contributed by atoms with E-state index in [-0.39, 0.29) is 17.9 Å². The first-order valence-corrected chi connectivity index (χ1v) is 8.81. The molecule has 1 aromatic carbocycles. The predicted octanol–water partition coefficient (Wildman–Crippen LogP) is 3.39. The minimum atomic E-state index is -0.238. The first-order valence-electron chi connectivity index (χ1n) is 8.81. The van der Waals surface area contributed by atoms with Gasteiger partial charge in [-0.25, -0.2) is 0 Å². The van der Waals surface area contributed by atoms with Gasteiger partial charge in [-0.05, 0) is 49.4 Å². The fourth-order valence-corrected chi connectivity index (χ4v) is 3.30. The molecule has 1 aromatic rings. The molecule has 132 valence electrons. The van der Waals surface area contributed by atoms with Gasteiger partial charge in [-0.3, -0.25) is 9.59 Å². The number of benzene rings is 1. The summed E-state index contributed by atoms with van der Waals surface area (Å²) in [6.45, 7) is 7.94. The third-order valence-corrected chi connectivity index (χ3v) is 5.04. The van der Waals surface area contributed by atoms with Crippen molar-refractivity contribution >= 4 is 23.2 Å². The van der Waals surface area contributed by atoms with E-state index in [9.17, 15) is 9.59 Å². The van der Waals surface area contributed by atoms with Gasteiger partial charge in [-0.2, -0.15) is 0 Å². The molecule has 5 nitrogen and oxygen atoms in total. The minimum absolute atomic E-state index is 0.0345. The Bertz CT molecular complexity index is 570. The summed E-state index contributed by atoms with van der Waals surface area (Å²) in [5, 5.41) is 9.12. The molecule has 0 aliphatic heterocycles. The van der Waals surface area contributed by atoms with Crippen molar-refractivity contribution < 1.29 is 9.59 Å². The Morgan fingerprint density at radius 1 is 1.04 bits per heavy atom. The molecule has 0 heterocycles. The molecule has 3 N–H and O–H groups in total. The number of carbonyl (C=O) groups excluding carboxylic acids is 2. The van der Waals surface area contributed by atoms with Crippen LogP contribution < -0.4 is 16.0 Å². The number of hydrogen-bond donors (Lipinski definition) is 3. The maximum absolute atomic E-state index is 12.4. The highest BCUT2D eigenvalue weighted by molar-refractivity contribution is 5.95. The quantitative estimate of drug-likeness (QED) is 0.774. The largest absolute Gasteiger partial charge is 0.326 e. The zero-order chi connectivity index (χ0) is 17.7. The summed E-state index contributed by atoms with van der Waals surface area (Å²) in [4.78, 5) is 23.4. The van der Waals surface area contributed by atoms with Gasteiger partial charge in [0.2, 0.25) is 11.8 Å². The van der Waals surface area contributed by atoms with E-state index in [2.05, 4.69) is 29.8 Å². The minimum Gasteiger partial charge on any atom is -0.326 e. The first-order chi connectivity index (χ1) is 11.4. The molecule has 0 aromatic heterocycles. The summed E-state index contributed by atoms with van der Waals surface area (Å²) >= 11 is 0. The summed E-state index contributed by atoms with van der Waals surface area (Å²) in [5.41, 5.74) is 1.45. The third-order valence-electron chi connectivity index (χ3n) is 5.04. The lowest BCUT2D eigenvalue weighted by Crippen LogP contribution is -2.49. The summed E-state index contributed by atoms with van der Waals surface area (Å²) in [6, 6.07) is 7.30. The molecule has 0 unspecified atom stereocenters. The van der Waals surface area contributed by atoms with Gasteiger partial charge < -0.3 is 16.0 Å². The molecular formula is C19H29N3O2. The summed E-state index contributed by atoms with van der Waals surface area (Å²) in [6.07, 6.45) is 3.64. The van der Waals surface area contributed by atoms with Gasteiger partial charge in [0, 0.05) is 24.3 Å². The van der Waals surface area contributed by atoms with Crippen molar-refractivity contribution in [3.8, 4) is 0 Å². The van der Waals surface area contributed by atoms with Crippen LogP contribution in [0.25, 0.3) is 0 Å². The molecule has 24 heavy (non-hydrogen) atoms. The second-order valence-corrected chi connectivity index (χ2v) is 7.01. The lowest BCUT2D eigenvalue weighted by molar-refractivity contribution is -0.118. The SMILES string of the molecule is CC(=O)Nc1ccc(NC(=O)[C@H](C)N[C@@H]2CCC[C@H](C)[C@@H]2C)cc1. The van der Waals surface area contributed by atoms with E-state index in [4.69, 9.17) is 0 Å². The number of hydrogen-bond acceptors (Lipinski definition) is 3. The van der Waals surface area contributed by atoms with Crippen LogP contribution in [0.3, 0.4) is 0 Å². The fraction of sp³-hybridized carbons (Fsp3) is 0.579. The molecule has 1 aliphatic rings. The van der Waals surface area contributed by atoms with Gasteiger partial charge in [-0.15, -0.1) is 0 Å². The van der Waals surface area contributed by atoms with Crippen molar-refractivity contribution in [2.45, 2.75) is 59.0 Å². The summed E-state index contributed by atoms with van der Waals surface area (Å²) in [5.74, 6) is 1.15.